The van der Waals surface area contributed by atoms with Crippen LogP contribution >= 0.6 is 0 Å². The molecule has 0 bridgehead atoms. The summed E-state index contributed by atoms with van der Waals surface area (Å²) in [5.41, 5.74) is 2.41. The number of likely N-dealkylation sites (N-methyl/N-ethyl adjacent to an activating group) is 1. The Labute approximate surface area is 142 Å². The molecule has 0 aliphatic heterocycles. The predicted octanol–water partition coefficient (Wildman–Crippen LogP) is 2.80. The molecule has 0 aromatic heterocycles. The summed E-state index contributed by atoms with van der Waals surface area (Å²) < 4.78 is 36.9. The Balaban J connectivity index is 2.54. The molecule has 0 unspecified atom stereocenters. The van der Waals surface area contributed by atoms with Crippen molar-refractivity contribution in [3.63, 3.8) is 0 Å². The standard InChI is InChI=1S/C17H27F3N4/c1-4-14-8-6-7-9-15(14)12-23-16(21-5-2)22-10-11-24(3)13-17(18,19)20/h6-9H,4-5,10-13H2,1-3H3,(H2,21,22,23). The molecule has 0 aliphatic carbocycles. The van der Waals surface area contributed by atoms with Crippen LogP contribution in [0.15, 0.2) is 29.3 Å². The van der Waals surface area contributed by atoms with Crippen LogP contribution < -0.4 is 10.6 Å². The molecule has 0 aliphatic rings. The molecule has 0 radical (unpaired) electrons. The lowest BCUT2D eigenvalue weighted by molar-refractivity contribution is -0.142. The highest BCUT2D eigenvalue weighted by Gasteiger charge is 2.28. The zero-order valence-electron chi connectivity index (χ0n) is 14.6. The SMILES string of the molecule is CCNC(=NCc1ccccc1CC)NCCN(C)CC(F)(F)F. The molecule has 1 rings (SSSR count). The van der Waals surface area contributed by atoms with Crippen LogP contribution in [0.4, 0.5) is 13.2 Å². The van der Waals surface area contributed by atoms with Crippen molar-refractivity contribution in [1.82, 2.24) is 15.5 Å². The second kappa shape index (κ2) is 10.2. The van der Waals surface area contributed by atoms with Crippen LogP contribution in [0.25, 0.3) is 0 Å². The predicted molar refractivity (Wildman–Crippen MR) is 92.2 cm³/mol. The smallest absolute Gasteiger partial charge is 0.357 e. The number of nitrogens with one attached hydrogen (secondary N) is 2. The highest BCUT2D eigenvalue weighted by molar-refractivity contribution is 5.79. The molecular weight excluding hydrogens is 317 g/mol. The van der Waals surface area contributed by atoms with Crippen LogP contribution in [0.1, 0.15) is 25.0 Å². The van der Waals surface area contributed by atoms with Crippen LogP contribution in [0.5, 0.6) is 0 Å². The second-order valence-electron chi connectivity index (χ2n) is 5.60. The van der Waals surface area contributed by atoms with Gasteiger partial charge in [-0.25, -0.2) is 4.99 Å². The zero-order valence-corrected chi connectivity index (χ0v) is 14.6. The van der Waals surface area contributed by atoms with Crippen LogP contribution in [-0.2, 0) is 13.0 Å². The van der Waals surface area contributed by atoms with Gasteiger partial charge in [-0.05, 0) is 31.5 Å². The molecule has 24 heavy (non-hydrogen) atoms. The summed E-state index contributed by atoms with van der Waals surface area (Å²) in [6, 6.07) is 8.11. The van der Waals surface area contributed by atoms with E-state index in [-0.39, 0.29) is 6.54 Å². The van der Waals surface area contributed by atoms with Gasteiger partial charge in [-0.1, -0.05) is 31.2 Å². The van der Waals surface area contributed by atoms with Crippen LogP contribution in [-0.4, -0.2) is 50.3 Å². The molecule has 1 aromatic carbocycles. The average molecular weight is 344 g/mol. The summed E-state index contributed by atoms with van der Waals surface area (Å²) in [7, 11) is 1.46. The third kappa shape index (κ3) is 8.19. The van der Waals surface area contributed by atoms with Crippen molar-refractivity contribution in [2.24, 2.45) is 4.99 Å². The van der Waals surface area contributed by atoms with Crippen molar-refractivity contribution >= 4 is 5.96 Å². The number of rotatable bonds is 8. The zero-order chi connectivity index (χ0) is 18.0. The van der Waals surface area contributed by atoms with Crippen molar-refractivity contribution in [1.29, 1.82) is 0 Å². The van der Waals surface area contributed by atoms with E-state index in [1.54, 1.807) is 0 Å². The largest absolute Gasteiger partial charge is 0.401 e. The van der Waals surface area contributed by atoms with E-state index < -0.39 is 12.7 Å². The molecule has 0 amide bonds. The normalized spacial score (nSPS) is 12.5. The number of aliphatic imine (C=N–C) groups is 1. The number of hydrogen-bond donors (Lipinski definition) is 2. The first-order valence-electron chi connectivity index (χ1n) is 8.20. The van der Waals surface area contributed by atoms with E-state index in [0.29, 0.717) is 25.6 Å². The number of hydrogen-bond acceptors (Lipinski definition) is 2. The molecule has 0 saturated carbocycles. The van der Waals surface area contributed by atoms with Gasteiger partial charge in [0.25, 0.3) is 0 Å². The highest BCUT2D eigenvalue weighted by atomic mass is 19.4. The van der Waals surface area contributed by atoms with Gasteiger partial charge in [-0.2, -0.15) is 13.2 Å². The Morgan fingerprint density at radius 2 is 1.79 bits per heavy atom. The minimum atomic E-state index is -4.17. The van der Waals surface area contributed by atoms with Crippen molar-refractivity contribution < 1.29 is 13.2 Å². The van der Waals surface area contributed by atoms with Gasteiger partial charge in [0.05, 0.1) is 13.1 Å². The van der Waals surface area contributed by atoms with Crippen molar-refractivity contribution in [3.8, 4) is 0 Å². The number of alkyl halides is 3. The Hall–Kier alpha value is -1.76. The Bertz CT molecular complexity index is 515. The highest BCUT2D eigenvalue weighted by Crippen LogP contribution is 2.15. The van der Waals surface area contributed by atoms with E-state index >= 15 is 0 Å². The molecule has 1 aromatic rings. The molecule has 0 fully saturated rings. The van der Waals surface area contributed by atoms with Gasteiger partial charge in [0.2, 0.25) is 0 Å². The Morgan fingerprint density at radius 3 is 2.38 bits per heavy atom. The fourth-order valence-electron chi connectivity index (χ4n) is 2.31. The molecule has 0 heterocycles. The molecular formula is C17H27F3N4. The number of nitrogens with zero attached hydrogens (tertiary/aromatic N) is 2. The van der Waals surface area contributed by atoms with Gasteiger partial charge in [0, 0.05) is 19.6 Å². The number of halogens is 3. The van der Waals surface area contributed by atoms with E-state index in [0.717, 1.165) is 12.0 Å². The Morgan fingerprint density at radius 1 is 1.12 bits per heavy atom. The van der Waals surface area contributed by atoms with E-state index in [1.807, 2.05) is 25.1 Å². The first-order chi connectivity index (χ1) is 11.4. The van der Waals surface area contributed by atoms with Gasteiger partial charge < -0.3 is 10.6 Å². The van der Waals surface area contributed by atoms with Gasteiger partial charge in [-0.3, -0.25) is 4.90 Å². The fourth-order valence-corrected chi connectivity index (χ4v) is 2.31. The second-order valence-corrected chi connectivity index (χ2v) is 5.60. The molecule has 2 N–H and O–H groups in total. The van der Waals surface area contributed by atoms with Crippen molar-refractivity contribution in [2.45, 2.75) is 33.0 Å². The average Bonchev–Trinajstić information content (AvgIpc) is 2.51. The van der Waals surface area contributed by atoms with Gasteiger partial charge in [-0.15, -0.1) is 0 Å². The fraction of sp³-hybridized carbons (Fsp3) is 0.588. The van der Waals surface area contributed by atoms with E-state index in [1.165, 1.54) is 17.5 Å². The van der Waals surface area contributed by atoms with Crippen molar-refractivity contribution in [2.75, 3.05) is 33.2 Å². The lowest BCUT2D eigenvalue weighted by Crippen LogP contribution is -2.42. The summed E-state index contributed by atoms with van der Waals surface area (Å²) in [6.07, 6.45) is -3.23. The van der Waals surface area contributed by atoms with Crippen LogP contribution in [0, 0.1) is 0 Å². The third-order valence-electron chi connectivity index (χ3n) is 3.49. The third-order valence-corrected chi connectivity index (χ3v) is 3.49. The number of benzene rings is 1. The quantitative estimate of drug-likeness (QED) is 0.563. The van der Waals surface area contributed by atoms with Gasteiger partial charge in [0.1, 0.15) is 0 Å². The van der Waals surface area contributed by atoms with E-state index in [4.69, 9.17) is 0 Å². The number of aryl methyl sites for hydroxylation is 1. The van der Waals surface area contributed by atoms with Gasteiger partial charge in [0.15, 0.2) is 5.96 Å². The first kappa shape index (κ1) is 20.3. The summed E-state index contributed by atoms with van der Waals surface area (Å²) in [5, 5.41) is 6.19. The van der Waals surface area contributed by atoms with Crippen LogP contribution in [0.3, 0.4) is 0 Å². The van der Waals surface area contributed by atoms with E-state index in [9.17, 15) is 13.2 Å². The minimum absolute atomic E-state index is 0.287. The summed E-state index contributed by atoms with van der Waals surface area (Å²) >= 11 is 0. The van der Waals surface area contributed by atoms with Gasteiger partial charge >= 0.3 is 6.18 Å². The maximum absolute atomic E-state index is 12.3. The lowest BCUT2D eigenvalue weighted by Gasteiger charge is -2.19. The molecule has 7 heteroatoms. The maximum Gasteiger partial charge on any atom is 0.401 e. The molecule has 0 saturated heterocycles. The summed E-state index contributed by atoms with van der Waals surface area (Å²) in [5.74, 6) is 0.615. The van der Waals surface area contributed by atoms with Crippen molar-refractivity contribution in [3.05, 3.63) is 35.4 Å². The summed E-state index contributed by atoms with van der Waals surface area (Å²) in [4.78, 5) is 5.76. The minimum Gasteiger partial charge on any atom is -0.357 e. The maximum atomic E-state index is 12.3. The summed E-state index contributed by atoms with van der Waals surface area (Å²) in [6.45, 7) is 5.06. The molecule has 0 atom stereocenters. The topological polar surface area (TPSA) is 39.7 Å². The molecule has 136 valence electrons. The lowest BCUT2D eigenvalue weighted by atomic mass is 10.1. The molecule has 0 spiro atoms. The molecule has 4 nitrogen and oxygen atoms in total. The first-order valence-corrected chi connectivity index (χ1v) is 8.20. The monoisotopic (exact) mass is 344 g/mol. The number of guanidine groups is 1. The van der Waals surface area contributed by atoms with E-state index in [2.05, 4.69) is 28.6 Å². The van der Waals surface area contributed by atoms with Crippen LogP contribution in [0.2, 0.25) is 0 Å². The Kier molecular flexibility index (Phi) is 8.60.